The molecule has 0 spiro atoms. The zero-order valence-electron chi connectivity index (χ0n) is 11.4. The number of hydrogen-bond acceptors (Lipinski definition) is 6. The Balaban J connectivity index is 1.75. The van der Waals surface area contributed by atoms with E-state index in [9.17, 15) is 14.9 Å². The Labute approximate surface area is 138 Å². The number of anilines is 1. The third-order valence-electron chi connectivity index (χ3n) is 2.84. The summed E-state index contributed by atoms with van der Waals surface area (Å²) in [6, 6.07) is 9.52. The predicted molar refractivity (Wildman–Crippen MR) is 85.9 cm³/mol. The summed E-state index contributed by atoms with van der Waals surface area (Å²) < 4.78 is 4.83. The first-order valence-corrected chi connectivity index (χ1v) is 7.56. The van der Waals surface area contributed by atoms with Gasteiger partial charge in [0.15, 0.2) is 10.9 Å². The molecule has 0 unspecified atom stereocenters. The monoisotopic (exact) mass is 349 g/mol. The Hall–Kier alpha value is -2.71. The van der Waals surface area contributed by atoms with Crippen LogP contribution in [0.15, 0.2) is 46.2 Å². The van der Waals surface area contributed by atoms with Crippen LogP contribution in [-0.2, 0) is 0 Å². The lowest BCUT2D eigenvalue weighted by Gasteiger charge is -1.98. The first kappa shape index (κ1) is 15.2. The van der Waals surface area contributed by atoms with Crippen molar-refractivity contribution in [3.63, 3.8) is 0 Å². The molecule has 3 aromatic rings. The molecule has 9 heteroatoms. The third kappa shape index (κ3) is 3.38. The summed E-state index contributed by atoms with van der Waals surface area (Å²) in [5.74, 6) is -1.25. The number of benzene rings is 1. The summed E-state index contributed by atoms with van der Waals surface area (Å²) in [6.45, 7) is 0. The fourth-order valence-corrected chi connectivity index (χ4v) is 2.72. The van der Waals surface area contributed by atoms with E-state index < -0.39 is 16.7 Å². The number of hydrogen-bond donors (Lipinski definition) is 1. The van der Waals surface area contributed by atoms with Crippen LogP contribution in [0.25, 0.3) is 11.3 Å². The number of rotatable bonds is 4. The second kappa shape index (κ2) is 6.19. The maximum Gasteiger partial charge on any atom is 0.433 e. The highest BCUT2D eigenvalue weighted by Gasteiger charge is 2.18. The van der Waals surface area contributed by atoms with Gasteiger partial charge in [-0.1, -0.05) is 23.7 Å². The first-order chi connectivity index (χ1) is 11.0. The molecule has 0 saturated heterocycles. The van der Waals surface area contributed by atoms with Gasteiger partial charge in [-0.3, -0.25) is 20.2 Å². The summed E-state index contributed by atoms with van der Waals surface area (Å²) in [5, 5.41) is 15.8. The number of amides is 1. The van der Waals surface area contributed by atoms with E-state index in [1.807, 2.05) is 6.07 Å². The molecule has 0 atom stereocenters. The van der Waals surface area contributed by atoms with Gasteiger partial charge in [0, 0.05) is 16.0 Å². The Morgan fingerprint density at radius 2 is 2.17 bits per heavy atom. The molecule has 0 bridgehead atoms. The summed E-state index contributed by atoms with van der Waals surface area (Å²) in [4.78, 5) is 26.1. The Bertz CT molecular complexity index is 890. The van der Waals surface area contributed by atoms with Crippen molar-refractivity contribution in [3.05, 3.63) is 62.7 Å². The summed E-state index contributed by atoms with van der Waals surface area (Å²) >= 11 is 7.16. The molecule has 0 aliphatic carbocycles. The number of furan rings is 1. The van der Waals surface area contributed by atoms with Crippen LogP contribution in [0, 0.1) is 10.1 Å². The molecule has 116 valence electrons. The van der Waals surface area contributed by atoms with E-state index in [-0.39, 0.29) is 5.76 Å². The summed E-state index contributed by atoms with van der Waals surface area (Å²) in [6.07, 6.45) is 0. The fraction of sp³-hybridized carbons (Fsp3) is 0. The lowest BCUT2D eigenvalue weighted by molar-refractivity contribution is -0.402. The van der Waals surface area contributed by atoms with Gasteiger partial charge in [0.2, 0.25) is 0 Å². The van der Waals surface area contributed by atoms with Crippen LogP contribution in [0.5, 0.6) is 0 Å². The quantitative estimate of drug-likeness (QED) is 0.561. The van der Waals surface area contributed by atoms with Gasteiger partial charge in [-0.25, -0.2) is 4.98 Å². The van der Waals surface area contributed by atoms with Crippen LogP contribution in [-0.4, -0.2) is 15.8 Å². The average Bonchev–Trinajstić information content (AvgIpc) is 3.16. The zero-order chi connectivity index (χ0) is 16.4. The lowest BCUT2D eigenvalue weighted by Crippen LogP contribution is -2.10. The van der Waals surface area contributed by atoms with E-state index in [1.54, 1.807) is 23.6 Å². The minimum atomic E-state index is -0.711. The molecule has 0 aliphatic heterocycles. The SMILES string of the molecule is O=C(Nc1nc(-c2cccc(Cl)c2)cs1)c1ccc([N+](=O)[O-])o1. The molecule has 0 fully saturated rings. The highest BCUT2D eigenvalue weighted by atomic mass is 35.5. The maximum atomic E-state index is 12.0. The van der Waals surface area contributed by atoms with E-state index in [1.165, 1.54) is 17.4 Å². The molecule has 0 saturated carbocycles. The van der Waals surface area contributed by atoms with Gasteiger partial charge in [-0.2, -0.15) is 0 Å². The van der Waals surface area contributed by atoms with Gasteiger partial charge in [0.25, 0.3) is 5.91 Å². The smallest absolute Gasteiger partial charge is 0.395 e. The van der Waals surface area contributed by atoms with Gasteiger partial charge >= 0.3 is 5.88 Å². The van der Waals surface area contributed by atoms with Crippen LogP contribution in [0.2, 0.25) is 5.02 Å². The Morgan fingerprint density at radius 3 is 2.87 bits per heavy atom. The van der Waals surface area contributed by atoms with Crippen molar-refractivity contribution in [2.24, 2.45) is 0 Å². The average molecular weight is 350 g/mol. The molecule has 1 amide bonds. The van der Waals surface area contributed by atoms with Gasteiger partial charge in [-0.05, 0) is 18.2 Å². The van der Waals surface area contributed by atoms with Gasteiger partial charge in [0.1, 0.15) is 4.92 Å². The molecule has 3 rings (SSSR count). The number of nitrogens with zero attached hydrogens (tertiary/aromatic N) is 2. The number of thiazole rings is 1. The highest BCUT2D eigenvalue weighted by molar-refractivity contribution is 7.14. The van der Waals surface area contributed by atoms with E-state index in [4.69, 9.17) is 16.0 Å². The van der Waals surface area contributed by atoms with Crippen molar-refractivity contribution in [2.45, 2.75) is 0 Å². The standard InChI is InChI=1S/C14H8ClN3O4S/c15-9-3-1-2-8(6-9)10-7-23-14(16-10)17-13(19)11-4-5-12(22-11)18(20)21/h1-7H,(H,16,17,19). The molecule has 7 nitrogen and oxygen atoms in total. The number of nitrogens with one attached hydrogen (secondary N) is 1. The molecule has 2 heterocycles. The van der Waals surface area contributed by atoms with E-state index in [0.29, 0.717) is 15.8 Å². The topological polar surface area (TPSA) is 98.3 Å². The third-order valence-corrected chi connectivity index (χ3v) is 3.83. The maximum absolute atomic E-state index is 12.0. The van der Waals surface area contributed by atoms with Crippen LogP contribution < -0.4 is 5.32 Å². The molecule has 0 aliphatic rings. The zero-order valence-corrected chi connectivity index (χ0v) is 12.9. The number of aromatic nitrogens is 1. The van der Waals surface area contributed by atoms with E-state index in [2.05, 4.69) is 10.3 Å². The summed E-state index contributed by atoms with van der Waals surface area (Å²) in [7, 11) is 0. The van der Waals surface area contributed by atoms with E-state index >= 15 is 0 Å². The molecule has 23 heavy (non-hydrogen) atoms. The van der Waals surface area contributed by atoms with Crippen molar-refractivity contribution in [1.82, 2.24) is 4.98 Å². The largest absolute Gasteiger partial charge is 0.433 e. The van der Waals surface area contributed by atoms with Gasteiger partial charge in [0.05, 0.1) is 11.8 Å². The van der Waals surface area contributed by atoms with Crippen molar-refractivity contribution in [3.8, 4) is 11.3 Å². The Kier molecular flexibility index (Phi) is 4.09. The van der Waals surface area contributed by atoms with Gasteiger partial charge in [-0.15, -0.1) is 11.3 Å². The Morgan fingerprint density at radius 1 is 1.35 bits per heavy atom. The summed E-state index contributed by atoms with van der Waals surface area (Å²) in [5.41, 5.74) is 1.49. The molecule has 1 N–H and O–H groups in total. The number of nitro groups is 1. The highest BCUT2D eigenvalue weighted by Crippen LogP contribution is 2.27. The fourth-order valence-electron chi connectivity index (χ4n) is 1.82. The lowest BCUT2D eigenvalue weighted by atomic mass is 10.2. The molecule has 2 aromatic heterocycles. The van der Waals surface area contributed by atoms with Crippen molar-refractivity contribution in [1.29, 1.82) is 0 Å². The second-order valence-electron chi connectivity index (χ2n) is 4.40. The number of carbonyl (C=O) groups is 1. The molecule has 0 radical (unpaired) electrons. The first-order valence-electron chi connectivity index (χ1n) is 6.30. The molecular weight excluding hydrogens is 342 g/mol. The minimum Gasteiger partial charge on any atom is -0.395 e. The normalized spacial score (nSPS) is 10.5. The van der Waals surface area contributed by atoms with Gasteiger partial charge < -0.3 is 4.42 Å². The van der Waals surface area contributed by atoms with Crippen LogP contribution >= 0.6 is 22.9 Å². The predicted octanol–water partition coefficient (Wildman–Crippen LogP) is 4.22. The second-order valence-corrected chi connectivity index (χ2v) is 5.69. The minimum absolute atomic E-state index is 0.156. The number of carbonyl (C=O) groups excluding carboxylic acids is 1. The van der Waals surface area contributed by atoms with Crippen LogP contribution in [0.4, 0.5) is 11.0 Å². The van der Waals surface area contributed by atoms with Crippen molar-refractivity contribution in [2.75, 3.05) is 5.32 Å². The van der Waals surface area contributed by atoms with E-state index in [0.717, 1.165) is 11.6 Å². The van der Waals surface area contributed by atoms with Crippen molar-refractivity contribution >= 4 is 39.9 Å². The molecular formula is C14H8ClN3O4S. The number of halogens is 1. The molecule has 1 aromatic carbocycles. The van der Waals surface area contributed by atoms with Crippen molar-refractivity contribution < 1.29 is 14.1 Å². The van der Waals surface area contributed by atoms with Crippen LogP contribution in [0.1, 0.15) is 10.6 Å². The van der Waals surface area contributed by atoms with Crippen LogP contribution in [0.3, 0.4) is 0 Å².